The summed E-state index contributed by atoms with van der Waals surface area (Å²) < 4.78 is 1.07. The summed E-state index contributed by atoms with van der Waals surface area (Å²) in [7, 11) is 1.92. The number of carbonyl (C=O) groups excluding carboxylic acids is 1. The van der Waals surface area contributed by atoms with E-state index in [1.165, 1.54) is 5.56 Å². The smallest absolute Gasteiger partial charge is 0.223 e. The maximum atomic E-state index is 12.3. The molecule has 0 heterocycles. The van der Waals surface area contributed by atoms with Crippen LogP contribution in [-0.4, -0.2) is 30.4 Å². The number of rotatable bonds is 7. The van der Waals surface area contributed by atoms with E-state index in [2.05, 4.69) is 38.3 Å². The molecule has 1 saturated carbocycles. The quantitative estimate of drug-likeness (QED) is 0.782. The molecule has 0 spiro atoms. The molecule has 0 radical (unpaired) electrons. The van der Waals surface area contributed by atoms with Gasteiger partial charge in [0.1, 0.15) is 0 Å². The first-order valence-corrected chi connectivity index (χ1v) is 7.68. The minimum Gasteiger partial charge on any atom is -0.335 e. The standard InChI is InChI=1S/C15H21BrN2O/c1-17-9-3-6-15(19)18(14-7-8-14)11-12-4-2-5-13(16)10-12/h2,4-5,10,14,17H,3,6-9,11H2,1H3. The highest BCUT2D eigenvalue weighted by Gasteiger charge is 2.32. The van der Waals surface area contributed by atoms with Crippen LogP contribution in [0.4, 0.5) is 0 Å². The largest absolute Gasteiger partial charge is 0.335 e. The molecule has 0 atom stereocenters. The van der Waals surface area contributed by atoms with Gasteiger partial charge >= 0.3 is 0 Å². The maximum Gasteiger partial charge on any atom is 0.223 e. The van der Waals surface area contributed by atoms with Crippen LogP contribution in [0.2, 0.25) is 0 Å². The summed E-state index contributed by atoms with van der Waals surface area (Å²) in [5.41, 5.74) is 1.20. The Morgan fingerprint density at radius 3 is 2.89 bits per heavy atom. The third kappa shape index (κ3) is 4.62. The Bertz CT molecular complexity index is 432. The molecular formula is C15H21BrN2O. The molecule has 0 bridgehead atoms. The minimum atomic E-state index is 0.290. The number of hydrogen-bond acceptors (Lipinski definition) is 2. The van der Waals surface area contributed by atoms with Gasteiger partial charge in [-0.25, -0.2) is 0 Å². The molecule has 2 rings (SSSR count). The number of nitrogens with one attached hydrogen (secondary N) is 1. The van der Waals surface area contributed by atoms with Crippen molar-refractivity contribution in [1.29, 1.82) is 0 Å². The molecule has 1 amide bonds. The van der Waals surface area contributed by atoms with E-state index < -0.39 is 0 Å². The highest BCUT2D eigenvalue weighted by Crippen LogP contribution is 2.29. The van der Waals surface area contributed by atoms with E-state index in [4.69, 9.17) is 0 Å². The average Bonchev–Trinajstić information content (AvgIpc) is 3.20. The van der Waals surface area contributed by atoms with Gasteiger partial charge in [0.25, 0.3) is 0 Å². The monoisotopic (exact) mass is 324 g/mol. The van der Waals surface area contributed by atoms with E-state index in [1.807, 2.05) is 19.2 Å². The summed E-state index contributed by atoms with van der Waals surface area (Å²) in [5.74, 6) is 0.290. The molecule has 1 aromatic carbocycles. The maximum absolute atomic E-state index is 12.3. The van der Waals surface area contributed by atoms with Crippen LogP contribution >= 0.6 is 15.9 Å². The average molecular weight is 325 g/mol. The van der Waals surface area contributed by atoms with Gasteiger partial charge in [-0.3, -0.25) is 4.79 Å². The second-order valence-corrected chi connectivity index (χ2v) is 6.01. The highest BCUT2D eigenvalue weighted by atomic mass is 79.9. The predicted molar refractivity (Wildman–Crippen MR) is 80.9 cm³/mol. The lowest BCUT2D eigenvalue weighted by molar-refractivity contribution is -0.132. The van der Waals surface area contributed by atoms with Gasteiger partial charge in [0.15, 0.2) is 0 Å². The van der Waals surface area contributed by atoms with Crippen LogP contribution in [0.15, 0.2) is 28.7 Å². The zero-order chi connectivity index (χ0) is 13.7. The minimum absolute atomic E-state index is 0.290. The summed E-state index contributed by atoms with van der Waals surface area (Å²) in [6.07, 6.45) is 3.87. The summed E-state index contributed by atoms with van der Waals surface area (Å²) in [6, 6.07) is 8.69. The van der Waals surface area contributed by atoms with Crippen molar-refractivity contribution in [2.75, 3.05) is 13.6 Å². The van der Waals surface area contributed by atoms with Crippen LogP contribution in [0.1, 0.15) is 31.2 Å². The highest BCUT2D eigenvalue weighted by molar-refractivity contribution is 9.10. The summed E-state index contributed by atoms with van der Waals surface area (Å²) in [4.78, 5) is 14.3. The number of benzene rings is 1. The van der Waals surface area contributed by atoms with Crippen LogP contribution in [0.25, 0.3) is 0 Å². The number of halogens is 1. The lowest BCUT2D eigenvalue weighted by Crippen LogP contribution is -2.32. The summed E-state index contributed by atoms with van der Waals surface area (Å²) in [5, 5.41) is 3.09. The van der Waals surface area contributed by atoms with Gasteiger partial charge in [-0.15, -0.1) is 0 Å². The fraction of sp³-hybridized carbons (Fsp3) is 0.533. The topological polar surface area (TPSA) is 32.3 Å². The molecule has 3 nitrogen and oxygen atoms in total. The summed E-state index contributed by atoms with van der Waals surface area (Å²) >= 11 is 3.48. The molecule has 19 heavy (non-hydrogen) atoms. The van der Waals surface area contributed by atoms with Crippen molar-refractivity contribution in [3.05, 3.63) is 34.3 Å². The molecule has 1 fully saturated rings. The van der Waals surface area contributed by atoms with E-state index in [0.717, 1.165) is 36.8 Å². The van der Waals surface area contributed by atoms with Gasteiger partial charge in [0.05, 0.1) is 0 Å². The normalized spacial score (nSPS) is 14.4. The van der Waals surface area contributed by atoms with Crippen molar-refractivity contribution in [3.8, 4) is 0 Å². The Kier molecular flexibility index (Phi) is 5.40. The van der Waals surface area contributed by atoms with Crippen molar-refractivity contribution in [2.45, 2.75) is 38.3 Å². The fourth-order valence-corrected chi connectivity index (χ4v) is 2.65. The van der Waals surface area contributed by atoms with E-state index in [0.29, 0.717) is 12.5 Å². The van der Waals surface area contributed by atoms with Gasteiger partial charge in [-0.05, 0) is 50.6 Å². The van der Waals surface area contributed by atoms with Crippen molar-refractivity contribution < 1.29 is 4.79 Å². The SMILES string of the molecule is CNCCCC(=O)N(Cc1cccc(Br)c1)C1CC1. The Balaban J connectivity index is 1.94. The first kappa shape index (κ1) is 14.5. The van der Waals surface area contributed by atoms with Gasteiger partial charge in [0, 0.05) is 23.5 Å². The molecule has 0 aromatic heterocycles. The Hall–Kier alpha value is -0.870. The Morgan fingerprint density at radius 2 is 2.26 bits per heavy atom. The third-order valence-electron chi connectivity index (χ3n) is 3.37. The van der Waals surface area contributed by atoms with Gasteiger partial charge < -0.3 is 10.2 Å². The van der Waals surface area contributed by atoms with Crippen LogP contribution in [0.3, 0.4) is 0 Å². The molecule has 1 N–H and O–H groups in total. The second kappa shape index (κ2) is 7.06. The van der Waals surface area contributed by atoms with E-state index in [9.17, 15) is 4.79 Å². The molecule has 104 valence electrons. The Morgan fingerprint density at radius 1 is 1.47 bits per heavy atom. The van der Waals surface area contributed by atoms with E-state index >= 15 is 0 Å². The number of nitrogens with zero attached hydrogens (tertiary/aromatic N) is 1. The number of amides is 1. The van der Waals surface area contributed by atoms with Crippen molar-refractivity contribution in [2.24, 2.45) is 0 Å². The fourth-order valence-electron chi connectivity index (χ4n) is 2.20. The van der Waals surface area contributed by atoms with Crippen LogP contribution in [0.5, 0.6) is 0 Å². The van der Waals surface area contributed by atoms with Crippen LogP contribution in [0, 0.1) is 0 Å². The zero-order valence-corrected chi connectivity index (χ0v) is 12.9. The lowest BCUT2D eigenvalue weighted by Gasteiger charge is -2.22. The van der Waals surface area contributed by atoms with Crippen molar-refractivity contribution in [3.63, 3.8) is 0 Å². The van der Waals surface area contributed by atoms with Crippen LogP contribution in [-0.2, 0) is 11.3 Å². The van der Waals surface area contributed by atoms with E-state index in [-0.39, 0.29) is 5.91 Å². The predicted octanol–water partition coefficient (Wildman–Crippen LogP) is 2.94. The molecular weight excluding hydrogens is 304 g/mol. The number of hydrogen-bond donors (Lipinski definition) is 1. The molecule has 1 aromatic rings. The first-order valence-electron chi connectivity index (χ1n) is 6.89. The Labute approximate surface area is 123 Å². The van der Waals surface area contributed by atoms with E-state index in [1.54, 1.807) is 0 Å². The first-order chi connectivity index (χ1) is 9.20. The third-order valence-corrected chi connectivity index (χ3v) is 3.86. The second-order valence-electron chi connectivity index (χ2n) is 5.09. The molecule has 4 heteroatoms. The molecule has 1 aliphatic carbocycles. The lowest BCUT2D eigenvalue weighted by atomic mass is 10.2. The summed E-state index contributed by atoms with van der Waals surface area (Å²) in [6.45, 7) is 1.64. The van der Waals surface area contributed by atoms with Crippen molar-refractivity contribution >= 4 is 21.8 Å². The molecule has 1 aliphatic rings. The van der Waals surface area contributed by atoms with Gasteiger partial charge in [-0.1, -0.05) is 28.1 Å². The molecule has 0 aliphatic heterocycles. The molecule has 0 saturated heterocycles. The van der Waals surface area contributed by atoms with Gasteiger partial charge in [0.2, 0.25) is 5.91 Å². The van der Waals surface area contributed by atoms with Crippen LogP contribution < -0.4 is 5.32 Å². The van der Waals surface area contributed by atoms with Gasteiger partial charge in [-0.2, -0.15) is 0 Å². The molecule has 0 unspecified atom stereocenters. The number of carbonyl (C=O) groups is 1. The zero-order valence-electron chi connectivity index (χ0n) is 11.4. The van der Waals surface area contributed by atoms with Crippen molar-refractivity contribution in [1.82, 2.24) is 10.2 Å².